The highest BCUT2D eigenvalue weighted by molar-refractivity contribution is 7.89. The van der Waals surface area contributed by atoms with Crippen molar-refractivity contribution in [3.63, 3.8) is 0 Å². The summed E-state index contributed by atoms with van der Waals surface area (Å²) in [4.78, 5) is 24.5. The van der Waals surface area contributed by atoms with E-state index in [1.165, 1.54) is 16.4 Å². The molecule has 2 bridgehead atoms. The van der Waals surface area contributed by atoms with Crippen molar-refractivity contribution in [1.29, 1.82) is 0 Å². The van der Waals surface area contributed by atoms with E-state index in [4.69, 9.17) is 16.3 Å². The third-order valence-corrected chi connectivity index (χ3v) is 8.04. The van der Waals surface area contributed by atoms with Gasteiger partial charge in [0.1, 0.15) is 5.78 Å². The number of rotatable bonds is 5. The van der Waals surface area contributed by atoms with E-state index in [0.717, 1.165) is 5.56 Å². The number of fused-ring (bicyclic) bond motifs is 3. The molecule has 0 unspecified atom stereocenters. The van der Waals surface area contributed by atoms with Crippen molar-refractivity contribution in [2.24, 2.45) is 5.92 Å². The van der Waals surface area contributed by atoms with Gasteiger partial charge in [-0.05, 0) is 61.7 Å². The van der Waals surface area contributed by atoms with Crippen LogP contribution >= 0.6 is 11.6 Å². The van der Waals surface area contributed by atoms with E-state index in [9.17, 15) is 18.0 Å². The van der Waals surface area contributed by atoms with Gasteiger partial charge in [-0.3, -0.25) is 10.1 Å². The Balaban J connectivity index is 1.69. The van der Waals surface area contributed by atoms with E-state index in [1.54, 1.807) is 43.3 Å². The number of piperidine rings is 2. The van der Waals surface area contributed by atoms with Crippen molar-refractivity contribution in [1.82, 2.24) is 4.31 Å². The Morgan fingerprint density at radius 3 is 2.42 bits per heavy atom. The summed E-state index contributed by atoms with van der Waals surface area (Å²) in [5.74, 6) is -0.298. The minimum atomic E-state index is -3.83. The fraction of sp³-hybridized carbons (Fsp3) is 0.364. The molecular formula is C22H23ClN2O5S. The minimum Gasteiger partial charge on any atom is -0.450 e. The van der Waals surface area contributed by atoms with E-state index in [-0.39, 0.29) is 29.7 Å². The molecule has 3 atom stereocenters. The number of amides is 1. The van der Waals surface area contributed by atoms with Gasteiger partial charge in [-0.15, -0.1) is 0 Å². The lowest BCUT2D eigenvalue weighted by atomic mass is 9.73. The maximum absolute atomic E-state index is 13.6. The molecule has 1 N–H and O–H groups in total. The van der Waals surface area contributed by atoms with Crippen LogP contribution in [0.15, 0.2) is 53.4 Å². The molecule has 2 aromatic carbocycles. The first-order valence-corrected chi connectivity index (χ1v) is 12.0. The van der Waals surface area contributed by atoms with Crippen LogP contribution in [0.5, 0.6) is 0 Å². The zero-order chi connectivity index (χ0) is 22.2. The summed E-state index contributed by atoms with van der Waals surface area (Å²) in [6.45, 7) is 1.97. The van der Waals surface area contributed by atoms with Crippen molar-refractivity contribution >= 4 is 39.2 Å². The van der Waals surface area contributed by atoms with Gasteiger partial charge in [0.05, 0.1) is 17.5 Å². The highest BCUT2D eigenvalue weighted by atomic mass is 35.5. The van der Waals surface area contributed by atoms with Crippen molar-refractivity contribution < 1.29 is 22.7 Å². The van der Waals surface area contributed by atoms with E-state index < -0.39 is 28.1 Å². The second-order valence-electron chi connectivity index (χ2n) is 7.71. The number of ketones is 1. The first-order valence-electron chi connectivity index (χ1n) is 10.2. The summed E-state index contributed by atoms with van der Waals surface area (Å²) in [6, 6.07) is 12.0. The van der Waals surface area contributed by atoms with Gasteiger partial charge in [0.25, 0.3) is 0 Å². The predicted molar refractivity (Wildman–Crippen MR) is 116 cm³/mol. The number of nitrogens with zero attached hydrogens (tertiary/aromatic N) is 1. The van der Waals surface area contributed by atoms with Crippen molar-refractivity contribution in [2.45, 2.75) is 43.2 Å². The highest BCUT2D eigenvalue weighted by Crippen LogP contribution is 2.48. The lowest BCUT2D eigenvalue weighted by Crippen LogP contribution is -2.56. The summed E-state index contributed by atoms with van der Waals surface area (Å²) in [5, 5.41) is 3.07. The van der Waals surface area contributed by atoms with Gasteiger partial charge >= 0.3 is 6.09 Å². The monoisotopic (exact) mass is 462 g/mol. The van der Waals surface area contributed by atoms with Crippen LogP contribution in [0.3, 0.4) is 0 Å². The number of hydrogen-bond donors (Lipinski definition) is 1. The fourth-order valence-electron chi connectivity index (χ4n) is 4.48. The number of anilines is 1. The highest BCUT2D eigenvalue weighted by Gasteiger charge is 2.52. The number of benzene rings is 2. The van der Waals surface area contributed by atoms with Crippen LogP contribution in [0.4, 0.5) is 10.5 Å². The second kappa shape index (κ2) is 8.61. The second-order valence-corrected chi connectivity index (χ2v) is 9.99. The molecule has 2 heterocycles. The Kier molecular flexibility index (Phi) is 6.05. The quantitative estimate of drug-likeness (QED) is 0.711. The van der Waals surface area contributed by atoms with Crippen molar-refractivity contribution in [3.05, 3.63) is 59.1 Å². The van der Waals surface area contributed by atoms with E-state index in [0.29, 0.717) is 23.6 Å². The third-order valence-electron chi connectivity index (χ3n) is 5.84. The molecular weight excluding hydrogens is 440 g/mol. The first-order chi connectivity index (χ1) is 14.8. The van der Waals surface area contributed by atoms with E-state index in [1.807, 2.05) is 0 Å². The van der Waals surface area contributed by atoms with Gasteiger partial charge in [-0.25, -0.2) is 13.2 Å². The van der Waals surface area contributed by atoms with Gasteiger partial charge < -0.3 is 4.74 Å². The van der Waals surface area contributed by atoms with Crippen molar-refractivity contribution in [3.8, 4) is 0 Å². The Morgan fingerprint density at radius 1 is 1.13 bits per heavy atom. The third kappa shape index (κ3) is 4.20. The zero-order valence-electron chi connectivity index (χ0n) is 17.0. The molecule has 7 nitrogen and oxygen atoms in total. The molecule has 2 aliphatic heterocycles. The molecule has 0 aromatic heterocycles. The zero-order valence-corrected chi connectivity index (χ0v) is 18.5. The summed E-state index contributed by atoms with van der Waals surface area (Å²) >= 11 is 5.93. The molecule has 0 spiro atoms. The fourth-order valence-corrected chi connectivity index (χ4v) is 6.47. The molecule has 31 heavy (non-hydrogen) atoms. The van der Waals surface area contributed by atoms with Crippen LogP contribution in [-0.2, 0) is 19.6 Å². The SMILES string of the molecule is CCOC(=O)Nc1ccc([C@@H]2[C@@H]3CC[C@@H](CC3=O)N2S(=O)(=O)c2ccc(Cl)cc2)cc1. The number of nitrogens with one attached hydrogen (secondary N) is 1. The van der Waals surface area contributed by atoms with Crippen LogP contribution in [-0.4, -0.2) is 37.2 Å². The Morgan fingerprint density at radius 2 is 1.81 bits per heavy atom. The van der Waals surface area contributed by atoms with Crippen molar-refractivity contribution in [2.75, 3.05) is 11.9 Å². The average molecular weight is 463 g/mol. The van der Waals surface area contributed by atoms with Gasteiger partial charge in [0.2, 0.25) is 10.0 Å². The maximum Gasteiger partial charge on any atom is 0.411 e. The molecule has 164 valence electrons. The van der Waals surface area contributed by atoms with Crippen LogP contribution in [0.2, 0.25) is 5.02 Å². The number of halogens is 1. The van der Waals surface area contributed by atoms with Crippen LogP contribution in [0.25, 0.3) is 0 Å². The number of carbonyl (C=O) groups excluding carboxylic acids is 2. The summed E-state index contributed by atoms with van der Waals surface area (Å²) in [5.41, 5.74) is 1.25. The van der Waals surface area contributed by atoms with E-state index >= 15 is 0 Å². The summed E-state index contributed by atoms with van der Waals surface area (Å²) in [6.07, 6.45) is 0.983. The predicted octanol–water partition coefficient (Wildman–Crippen LogP) is 4.39. The molecule has 2 aromatic rings. The standard InChI is InChI=1S/C22H23ClN2O5S/c1-2-30-22(27)24-16-7-3-14(4-8-16)21-19-12-9-17(13-20(19)26)25(21)31(28,29)18-10-5-15(23)6-11-18/h3-8,10-11,17,19,21H,2,9,12-13H2,1H3,(H,24,27)/t17-,19+,21+/m0/s1. The lowest BCUT2D eigenvalue weighted by Gasteiger charge is -2.49. The topological polar surface area (TPSA) is 92.8 Å². The molecule has 1 amide bonds. The Labute approximate surface area is 186 Å². The average Bonchev–Trinajstić information content (AvgIpc) is 2.74. The van der Waals surface area contributed by atoms with E-state index in [2.05, 4.69) is 5.32 Å². The van der Waals surface area contributed by atoms with Crippen LogP contribution in [0, 0.1) is 5.92 Å². The molecule has 1 saturated carbocycles. The molecule has 1 aliphatic carbocycles. The summed E-state index contributed by atoms with van der Waals surface area (Å²) in [7, 11) is -3.83. The molecule has 3 aliphatic rings. The molecule has 3 fully saturated rings. The Hall–Kier alpha value is -2.42. The molecule has 9 heteroatoms. The number of hydrogen-bond acceptors (Lipinski definition) is 5. The lowest BCUT2D eigenvalue weighted by molar-refractivity contribution is -0.133. The number of carbonyl (C=O) groups is 2. The van der Waals surface area contributed by atoms with Gasteiger partial charge in [-0.1, -0.05) is 23.7 Å². The van der Waals surface area contributed by atoms with Gasteiger partial charge in [0.15, 0.2) is 0 Å². The normalized spacial score (nSPS) is 23.5. The van der Waals surface area contributed by atoms with Crippen LogP contribution in [0.1, 0.15) is 37.8 Å². The maximum atomic E-state index is 13.6. The van der Waals surface area contributed by atoms with Crippen LogP contribution < -0.4 is 5.32 Å². The van der Waals surface area contributed by atoms with Gasteiger partial charge in [-0.2, -0.15) is 4.31 Å². The van der Waals surface area contributed by atoms with Gasteiger partial charge in [0, 0.05) is 29.1 Å². The number of sulfonamides is 1. The first kappa shape index (κ1) is 21.8. The number of ether oxygens (including phenoxy) is 1. The largest absolute Gasteiger partial charge is 0.450 e. The number of Topliss-reactive ketones (excluding diaryl/α,β-unsaturated/α-hetero) is 1. The molecule has 2 saturated heterocycles. The smallest absolute Gasteiger partial charge is 0.411 e. The Bertz CT molecular complexity index is 1090. The summed E-state index contributed by atoms with van der Waals surface area (Å²) < 4.78 is 33.5. The minimum absolute atomic E-state index is 0.0949. The molecule has 0 radical (unpaired) electrons. The molecule has 5 rings (SSSR count).